The highest BCUT2D eigenvalue weighted by Gasteiger charge is 2.06. The lowest BCUT2D eigenvalue weighted by atomic mass is 10.1. The molecule has 0 bridgehead atoms. The fourth-order valence-corrected chi connectivity index (χ4v) is 2.75. The third-order valence-corrected chi connectivity index (χ3v) is 4.78. The molecule has 0 saturated heterocycles. The van der Waals surface area contributed by atoms with Crippen molar-refractivity contribution in [1.29, 1.82) is 0 Å². The molecule has 0 radical (unpaired) electrons. The molecule has 0 atom stereocenters. The maximum atomic E-state index is 5.94. The predicted molar refractivity (Wildman–Crippen MR) is 100 cm³/mol. The molecule has 0 aliphatic carbocycles. The van der Waals surface area contributed by atoms with Gasteiger partial charge in [0.2, 0.25) is 0 Å². The lowest BCUT2D eigenvalue weighted by Gasteiger charge is -2.05. The summed E-state index contributed by atoms with van der Waals surface area (Å²) in [5, 5.41) is 3.40. The first-order valence-electron chi connectivity index (χ1n) is 7.84. The summed E-state index contributed by atoms with van der Waals surface area (Å²) in [5.41, 5.74) is 3.51. The van der Waals surface area contributed by atoms with Crippen LogP contribution < -0.4 is 10.1 Å². The normalized spacial score (nSPS) is 10.8. The summed E-state index contributed by atoms with van der Waals surface area (Å²) < 4.78 is 12.2. The number of ether oxygens (including phenoxy) is 1. The molecular formula is C20H20BrNO2. The van der Waals surface area contributed by atoms with Crippen LogP contribution in [0, 0.1) is 6.92 Å². The number of nitrogens with one attached hydrogen (secondary N) is 1. The number of hydrogen-bond donors (Lipinski definition) is 1. The molecule has 124 valence electrons. The van der Waals surface area contributed by atoms with Gasteiger partial charge in [-0.25, -0.2) is 0 Å². The molecule has 0 unspecified atom stereocenters. The van der Waals surface area contributed by atoms with E-state index in [4.69, 9.17) is 9.15 Å². The smallest absolute Gasteiger partial charge is 0.134 e. The van der Waals surface area contributed by atoms with E-state index in [1.54, 1.807) is 7.11 Å². The Bertz CT molecular complexity index is 809. The number of rotatable bonds is 6. The summed E-state index contributed by atoms with van der Waals surface area (Å²) in [6, 6.07) is 18.3. The monoisotopic (exact) mass is 385 g/mol. The van der Waals surface area contributed by atoms with Gasteiger partial charge in [-0.1, -0.05) is 34.1 Å². The van der Waals surface area contributed by atoms with Crippen LogP contribution in [0.4, 0.5) is 0 Å². The molecule has 0 spiro atoms. The van der Waals surface area contributed by atoms with E-state index in [1.165, 1.54) is 11.1 Å². The Labute approximate surface area is 150 Å². The van der Waals surface area contributed by atoms with Gasteiger partial charge in [0.1, 0.15) is 17.3 Å². The van der Waals surface area contributed by atoms with Gasteiger partial charge in [0.05, 0.1) is 13.7 Å². The van der Waals surface area contributed by atoms with E-state index in [0.717, 1.165) is 33.9 Å². The molecule has 24 heavy (non-hydrogen) atoms. The number of benzene rings is 2. The molecule has 0 saturated carbocycles. The Hall–Kier alpha value is -2.04. The second kappa shape index (κ2) is 7.69. The van der Waals surface area contributed by atoms with Crippen LogP contribution in [0.15, 0.2) is 63.5 Å². The highest BCUT2D eigenvalue weighted by Crippen LogP contribution is 2.26. The van der Waals surface area contributed by atoms with Gasteiger partial charge in [-0.15, -0.1) is 0 Å². The average molecular weight is 386 g/mol. The Balaban J connectivity index is 1.58. The Morgan fingerprint density at radius 3 is 2.50 bits per heavy atom. The van der Waals surface area contributed by atoms with Crippen molar-refractivity contribution in [2.24, 2.45) is 0 Å². The van der Waals surface area contributed by atoms with Gasteiger partial charge < -0.3 is 14.5 Å². The highest BCUT2D eigenvalue weighted by molar-refractivity contribution is 9.10. The second-order valence-electron chi connectivity index (χ2n) is 5.68. The summed E-state index contributed by atoms with van der Waals surface area (Å²) in [7, 11) is 1.68. The summed E-state index contributed by atoms with van der Waals surface area (Å²) in [4.78, 5) is 0. The Morgan fingerprint density at radius 1 is 1.00 bits per heavy atom. The van der Waals surface area contributed by atoms with E-state index in [2.05, 4.69) is 58.5 Å². The van der Waals surface area contributed by atoms with Gasteiger partial charge in [-0.2, -0.15) is 0 Å². The Morgan fingerprint density at radius 2 is 1.79 bits per heavy atom. The topological polar surface area (TPSA) is 34.4 Å². The fourth-order valence-electron chi connectivity index (χ4n) is 2.50. The van der Waals surface area contributed by atoms with Crippen LogP contribution in [0.1, 0.15) is 16.9 Å². The minimum atomic E-state index is 0.696. The van der Waals surface area contributed by atoms with Crippen molar-refractivity contribution in [3.63, 3.8) is 0 Å². The first-order chi connectivity index (χ1) is 11.7. The molecular weight excluding hydrogens is 366 g/mol. The molecule has 3 nitrogen and oxygen atoms in total. The second-order valence-corrected chi connectivity index (χ2v) is 6.54. The van der Waals surface area contributed by atoms with Crippen molar-refractivity contribution in [3.8, 4) is 17.1 Å². The van der Waals surface area contributed by atoms with E-state index in [1.807, 2.05) is 24.3 Å². The molecule has 2 aromatic carbocycles. The molecule has 3 aromatic rings. The van der Waals surface area contributed by atoms with Crippen LogP contribution in [-0.2, 0) is 13.1 Å². The molecule has 3 rings (SSSR count). The van der Waals surface area contributed by atoms with E-state index < -0.39 is 0 Å². The first-order valence-corrected chi connectivity index (χ1v) is 8.64. The highest BCUT2D eigenvalue weighted by atomic mass is 79.9. The maximum Gasteiger partial charge on any atom is 0.134 e. The minimum Gasteiger partial charge on any atom is -0.497 e. The minimum absolute atomic E-state index is 0.696. The first kappa shape index (κ1) is 16.8. The SMILES string of the molecule is COc1ccc(CNCc2ccc(-c3ccc(Br)c(C)c3)o2)cc1. The molecule has 1 N–H and O–H groups in total. The van der Waals surface area contributed by atoms with E-state index in [-0.39, 0.29) is 0 Å². The van der Waals surface area contributed by atoms with Gasteiger partial charge in [-0.3, -0.25) is 0 Å². The van der Waals surface area contributed by atoms with Gasteiger partial charge in [-0.05, 0) is 54.4 Å². The fraction of sp³-hybridized carbons (Fsp3) is 0.200. The predicted octanol–water partition coefficient (Wildman–Crippen LogP) is 5.32. The van der Waals surface area contributed by atoms with Gasteiger partial charge >= 0.3 is 0 Å². The van der Waals surface area contributed by atoms with Gasteiger partial charge in [0, 0.05) is 16.6 Å². The van der Waals surface area contributed by atoms with Crippen LogP contribution in [0.25, 0.3) is 11.3 Å². The molecule has 0 fully saturated rings. The van der Waals surface area contributed by atoms with Crippen LogP contribution in [0.2, 0.25) is 0 Å². The average Bonchev–Trinajstić information content (AvgIpc) is 3.07. The summed E-state index contributed by atoms with van der Waals surface area (Å²) in [6.07, 6.45) is 0. The number of methoxy groups -OCH3 is 1. The third kappa shape index (κ3) is 4.08. The lowest BCUT2D eigenvalue weighted by molar-refractivity contribution is 0.414. The zero-order valence-corrected chi connectivity index (χ0v) is 15.4. The lowest BCUT2D eigenvalue weighted by Crippen LogP contribution is -2.11. The van der Waals surface area contributed by atoms with Crippen LogP contribution >= 0.6 is 15.9 Å². The zero-order chi connectivity index (χ0) is 16.9. The van der Waals surface area contributed by atoms with E-state index in [0.29, 0.717) is 6.54 Å². The number of halogens is 1. The quantitative estimate of drug-likeness (QED) is 0.623. The molecule has 0 aliphatic heterocycles. The third-order valence-electron chi connectivity index (χ3n) is 3.89. The summed E-state index contributed by atoms with van der Waals surface area (Å²) in [5.74, 6) is 2.70. The molecule has 4 heteroatoms. The van der Waals surface area contributed by atoms with Gasteiger partial charge in [0.15, 0.2) is 0 Å². The van der Waals surface area contributed by atoms with Crippen LogP contribution in [0.5, 0.6) is 5.75 Å². The zero-order valence-electron chi connectivity index (χ0n) is 13.8. The van der Waals surface area contributed by atoms with Crippen molar-refractivity contribution in [1.82, 2.24) is 5.32 Å². The van der Waals surface area contributed by atoms with E-state index in [9.17, 15) is 0 Å². The van der Waals surface area contributed by atoms with Crippen molar-refractivity contribution < 1.29 is 9.15 Å². The largest absolute Gasteiger partial charge is 0.497 e. The number of hydrogen-bond acceptors (Lipinski definition) is 3. The molecule has 0 amide bonds. The molecule has 0 aliphatic rings. The maximum absolute atomic E-state index is 5.94. The van der Waals surface area contributed by atoms with Crippen molar-refractivity contribution in [2.45, 2.75) is 20.0 Å². The van der Waals surface area contributed by atoms with E-state index >= 15 is 0 Å². The van der Waals surface area contributed by atoms with Gasteiger partial charge in [0.25, 0.3) is 0 Å². The van der Waals surface area contributed by atoms with Crippen molar-refractivity contribution in [2.75, 3.05) is 7.11 Å². The Kier molecular flexibility index (Phi) is 5.38. The van der Waals surface area contributed by atoms with Crippen LogP contribution in [-0.4, -0.2) is 7.11 Å². The standard InChI is InChI=1S/C20H20BrNO2/c1-14-11-16(5-9-19(14)21)20-10-8-18(24-20)13-22-12-15-3-6-17(23-2)7-4-15/h3-11,22H,12-13H2,1-2H3. The van der Waals surface area contributed by atoms with Crippen molar-refractivity contribution in [3.05, 3.63) is 76.0 Å². The molecule has 1 heterocycles. The summed E-state index contributed by atoms with van der Waals surface area (Å²) >= 11 is 3.52. The summed E-state index contributed by atoms with van der Waals surface area (Å²) in [6.45, 7) is 3.56. The number of aryl methyl sites for hydroxylation is 1. The van der Waals surface area contributed by atoms with Crippen molar-refractivity contribution >= 4 is 15.9 Å². The van der Waals surface area contributed by atoms with Crippen LogP contribution in [0.3, 0.4) is 0 Å². The molecule has 1 aromatic heterocycles. The number of furan rings is 1.